The lowest BCUT2D eigenvalue weighted by Crippen LogP contribution is -2.04. The summed E-state index contributed by atoms with van der Waals surface area (Å²) in [6, 6.07) is 12.8. The summed E-state index contributed by atoms with van der Waals surface area (Å²) in [6.07, 6.45) is 0.142. The van der Waals surface area contributed by atoms with Crippen LogP contribution in [0.1, 0.15) is 5.56 Å². The number of methoxy groups -OCH3 is 1. The monoisotopic (exact) mass is 287 g/mol. The quantitative estimate of drug-likeness (QED) is 0.479. The first-order chi connectivity index (χ1) is 10.1. The number of benzene rings is 2. The molecule has 0 atom stereocenters. The molecule has 21 heavy (non-hydrogen) atoms. The number of carbonyl (C=O) groups excluding carboxylic acids is 1. The number of esters is 1. The van der Waals surface area contributed by atoms with Gasteiger partial charge in [-0.1, -0.05) is 18.2 Å². The van der Waals surface area contributed by atoms with Gasteiger partial charge in [-0.25, -0.2) is 0 Å². The minimum Gasteiger partial charge on any atom is -0.469 e. The standard InChI is InChI=1S/C15H13NO5/c1-20-15(17)9-11-4-2-6-13(8-11)21-14-7-3-5-12(10-14)16(18)19/h2-8,10H,9H2,1H3. The van der Waals surface area contributed by atoms with E-state index in [1.54, 1.807) is 36.4 Å². The zero-order valence-electron chi connectivity index (χ0n) is 11.3. The van der Waals surface area contributed by atoms with E-state index >= 15 is 0 Å². The molecule has 2 aromatic rings. The predicted molar refractivity (Wildman–Crippen MR) is 75.3 cm³/mol. The van der Waals surface area contributed by atoms with Crippen LogP contribution in [0, 0.1) is 10.1 Å². The van der Waals surface area contributed by atoms with Gasteiger partial charge < -0.3 is 9.47 Å². The molecule has 0 aliphatic heterocycles. The van der Waals surface area contributed by atoms with Crippen molar-refractivity contribution in [3.8, 4) is 11.5 Å². The number of nitro groups is 1. The van der Waals surface area contributed by atoms with Gasteiger partial charge in [-0.3, -0.25) is 14.9 Å². The first-order valence-electron chi connectivity index (χ1n) is 6.16. The third-order valence-corrected chi connectivity index (χ3v) is 2.74. The van der Waals surface area contributed by atoms with E-state index in [4.69, 9.17) is 4.74 Å². The number of nitro benzene ring substituents is 1. The van der Waals surface area contributed by atoms with Gasteiger partial charge in [0.1, 0.15) is 11.5 Å². The largest absolute Gasteiger partial charge is 0.469 e. The Balaban J connectivity index is 2.16. The minimum atomic E-state index is -0.486. The maximum atomic E-state index is 11.2. The highest BCUT2D eigenvalue weighted by Crippen LogP contribution is 2.25. The van der Waals surface area contributed by atoms with E-state index in [0.29, 0.717) is 11.5 Å². The molecule has 0 fully saturated rings. The first kappa shape index (κ1) is 14.5. The Kier molecular flexibility index (Phi) is 4.50. The average molecular weight is 287 g/mol. The zero-order chi connectivity index (χ0) is 15.2. The van der Waals surface area contributed by atoms with E-state index in [1.165, 1.54) is 19.2 Å². The maximum absolute atomic E-state index is 11.2. The normalized spacial score (nSPS) is 9.95. The predicted octanol–water partition coefficient (Wildman–Crippen LogP) is 3.10. The second-order valence-corrected chi connectivity index (χ2v) is 4.26. The Morgan fingerprint density at radius 3 is 2.48 bits per heavy atom. The molecule has 6 nitrogen and oxygen atoms in total. The number of non-ortho nitro benzene ring substituents is 1. The second kappa shape index (κ2) is 6.51. The number of hydrogen-bond acceptors (Lipinski definition) is 5. The summed E-state index contributed by atoms with van der Waals surface area (Å²) in [6.45, 7) is 0. The Morgan fingerprint density at radius 2 is 1.81 bits per heavy atom. The Morgan fingerprint density at radius 1 is 1.14 bits per heavy atom. The Hall–Kier alpha value is -2.89. The minimum absolute atomic E-state index is 0.0433. The van der Waals surface area contributed by atoms with E-state index < -0.39 is 4.92 Å². The van der Waals surface area contributed by atoms with Gasteiger partial charge in [0.05, 0.1) is 24.5 Å². The lowest BCUT2D eigenvalue weighted by atomic mass is 10.1. The molecular formula is C15H13NO5. The fourth-order valence-corrected chi connectivity index (χ4v) is 1.75. The number of nitrogens with zero attached hydrogens (tertiary/aromatic N) is 1. The zero-order valence-corrected chi connectivity index (χ0v) is 11.3. The summed E-state index contributed by atoms with van der Waals surface area (Å²) in [5.74, 6) is 0.513. The molecule has 0 aliphatic rings. The number of rotatable bonds is 5. The fraction of sp³-hybridized carbons (Fsp3) is 0.133. The highest BCUT2D eigenvalue weighted by Gasteiger charge is 2.08. The molecule has 0 saturated heterocycles. The van der Waals surface area contributed by atoms with Crippen molar-refractivity contribution >= 4 is 11.7 Å². The smallest absolute Gasteiger partial charge is 0.309 e. The van der Waals surface area contributed by atoms with Crippen molar-refractivity contribution in [2.45, 2.75) is 6.42 Å². The number of hydrogen-bond donors (Lipinski definition) is 0. The molecule has 0 heterocycles. The van der Waals surface area contributed by atoms with Gasteiger partial charge in [-0.05, 0) is 23.8 Å². The van der Waals surface area contributed by atoms with Crippen LogP contribution in [0.4, 0.5) is 5.69 Å². The van der Waals surface area contributed by atoms with Crippen molar-refractivity contribution in [2.24, 2.45) is 0 Å². The van der Waals surface area contributed by atoms with Gasteiger partial charge in [0, 0.05) is 6.07 Å². The van der Waals surface area contributed by atoms with Crippen LogP contribution in [0.15, 0.2) is 48.5 Å². The van der Waals surface area contributed by atoms with E-state index in [-0.39, 0.29) is 18.1 Å². The molecule has 108 valence electrons. The van der Waals surface area contributed by atoms with Crippen LogP contribution in [0.2, 0.25) is 0 Å². The van der Waals surface area contributed by atoms with Crippen molar-refractivity contribution in [2.75, 3.05) is 7.11 Å². The van der Waals surface area contributed by atoms with Crippen LogP contribution < -0.4 is 4.74 Å². The Bertz CT molecular complexity index is 669. The topological polar surface area (TPSA) is 78.7 Å². The van der Waals surface area contributed by atoms with Gasteiger partial charge in [-0.2, -0.15) is 0 Å². The molecule has 0 bridgehead atoms. The van der Waals surface area contributed by atoms with E-state index in [0.717, 1.165) is 5.56 Å². The average Bonchev–Trinajstić information content (AvgIpc) is 2.47. The molecule has 0 N–H and O–H groups in total. The van der Waals surface area contributed by atoms with Crippen molar-refractivity contribution in [3.05, 3.63) is 64.2 Å². The summed E-state index contributed by atoms with van der Waals surface area (Å²) in [5.41, 5.74) is 0.697. The van der Waals surface area contributed by atoms with Gasteiger partial charge in [-0.15, -0.1) is 0 Å². The van der Waals surface area contributed by atoms with E-state index in [1.807, 2.05) is 0 Å². The lowest BCUT2D eigenvalue weighted by molar-refractivity contribution is -0.384. The molecular weight excluding hydrogens is 274 g/mol. The molecule has 0 aliphatic carbocycles. The molecule has 0 radical (unpaired) electrons. The summed E-state index contributed by atoms with van der Waals surface area (Å²) < 4.78 is 10.2. The van der Waals surface area contributed by atoms with Crippen molar-refractivity contribution in [1.82, 2.24) is 0 Å². The molecule has 2 aromatic carbocycles. The first-order valence-corrected chi connectivity index (χ1v) is 6.16. The molecule has 0 saturated carbocycles. The van der Waals surface area contributed by atoms with Crippen LogP contribution >= 0.6 is 0 Å². The van der Waals surface area contributed by atoms with Crippen LogP contribution in [0.3, 0.4) is 0 Å². The maximum Gasteiger partial charge on any atom is 0.309 e. The van der Waals surface area contributed by atoms with Gasteiger partial charge >= 0.3 is 5.97 Å². The lowest BCUT2D eigenvalue weighted by Gasteiger charge is -2.07. The summed E-state index contributed by atoms with van der Waals surface area (Å²) in [4.78, 5) is 21.5. The molecule has 0 spiro atoms. The van der Waals surface area contributed by atoms with Crippen LogP contribution in [0.5, 0.6) is 11.5 Å². The van der Waals surface area contributed by atoms with Crippen LogP contribution in [0.25, 0.3) is 0 Å². The summed E-state index contributed by atoms with van der Waals surface area (Å²) in [5, 5.41) is 10.7. The number of carbonyl (C=O) groups is 1. The van der Waals surface area contributed by atoms with Crippen molar-refractivity contribution in [3.63, 3.8) is 0 Å². The third-order valence-electron chi connectivity index (χ3n) is 2.74. The Labute approximate surface area is 121 Å². The highest BCUT2D eigenvalue weighted by atomic mass is 16.6. The summed E-state index contributed by atoms with van der Waals surface area (Å²) in [7, 11) is 1.33. The number of ether oxygens (including phenoxy) is 2. The molecule has 6 heteroatoms. The van der Waals surface area contributed by atoms with Crippen LogP contribution in [-0.4, -0.2) is 18.0 Å². The van der Waals surface area contributed by atoms with Crippen LogP contribution in [-0.2, 0) is 16.0 Å². The second-order valence-electron chi connectivity index (χ2n) is 4.26. The van der Waals surface area contributed by atoms with Gasteiger partial charge in [0.2, 0.25) is 0 Å². The van der Waals surface area contributed by atoms with Gasteiger partial charge in [0.25, 0.3) is 5.69 Å². The van der Waals surface area contributed by atoms with E-state index in [9.17, 15) is 14.9 Å². The van der Waals surface area contributed by atoms with E-state index in [2.05, 4.69) is 4.74 Å². The van der Waals surface area contributed by atoms with Crippen molar-refractivity contribution in [1.29, 1.82) is 0 Å². The fourth-order valence-electron chi connectivity index (χ4n) is 1.75. The van der Waals surface area contributed by atoms with Crippen molar-refractivity contribution < 1.29 is 19.2 Å². The molecule has 0 unspecified atom stereocenters. The SMILES string of the molecule is COC(=O)Cc1cccc(Oc2cccc([N+](=O)[O-])c2)c1. The highest BCUT2D eigenvalue weighted by molar-refractivity contribution is 5.72. The molecule has 2 rings (SSSR count). The third kappa shape index (κ3) is 4.04. The molecule has 0 amide bonds. The summed E-state index contributed by atoms with van der Waals surface area (Å²) >= 11 is 0. The molecule has 0 aromatic heterocycles. The van der Waals surface area contributed by atoms with Gasteiger partial charge in [0.15, 0.2) is 0 Å².